The summed E-state index contributed by atoms with van der Waals surface area (Å²) in [5.41, 5.74) is 2.57. The topological polar surface area (TPSA) is 9.23 Å². The molecule has 0 aliphatic rings. The number of fused-ring (bicyclic) bond motifs is 1. The van der Waals surface area contributed by atoms with Crippen LogP contribution >= 0.6 is 11.3 Å². The first kappa shape index (κ1) is 15.0. The highest BCUT2D eigenvalue weighted by Gasteiger charge is 2.08. The molecular weight excluding hydrogens is 312 g/mol. The molecule has 1 nitrogen and oxygen atoms in total. The molecule has 0 atom stereocenters. The van der Waals surface area contributed by atoms with Crippen LogP contribution in [0.15, 0.2) is 78.9 Å². The standard InChI is InChI=1S/C22H18OS/c1-16-22(18-8-3-2-4-9-18)14-21(24-16)15-23-20-12-11-17-7-5-6-10-19(17)13-20/h2-14H,15H2,1H3. The van der Waals surface area contributed by atoms with Gasteiger partial charge in [-0.25, -0.2) is 0 Å². The van der Waals surface area contributed by atoms with Crippen molar-refractivity contribution >= 4 is 22.1 Å². The zero-order valence-corrected chi connectivity index (χ0v) is 14.3. The molecule has 4 aromatic rings. The van der Waals surface area contributed by atoms with Gasteiger partial charge in [0.15, 0.2) is 0 Å². The predicted octanol–water partition coefficient (Wildman–Crippen LogP) is 6.46. The van der Waals surface area contributed by atoms with E-state index in [1.807, 2.05) is 17.4 Å². The maximum Gasteiger partial charge on any atom is 0.122 e. The highest BCUT2D eigenvalue weighted by atomic mass is 32.1. The molecule has 0 aliphatic carbocycles. The van der Waals surface area contributed by atoms with Gasteiger partial charge in [-0.2, -0.15) is 0 Å². The minimum absolute atomic E-state index is 0.608. The lowest BCUT2D eigenvalue weighted by Gasteiger charge is -2.06. The van der Waals surface area contributed by atoms with Crippen LogP contribution in [0.4, 0.5) is 0 Å². The lowest BCUT2D eigenvalue weighted by Crippen LogP contribution is -1.92. The number of benzene rings is 3. The molecule has 4 rings (SSSR count). The molecule has 0 bridgehead atoms. The average Bonchev–Trinajstić information content (AvgIpc) is 3.01. The van der Waals surface area contributed by atoms with Crippen molar-refractivity contribution in [2.75, 3.05) is 0 Å². The Morgan fingerprint density at radius 1 is 0.792 bits per heavy atom. The Morgan fingerprint density at radius 2 is 1.54 bits per heavy atom. The molecule has 0 amide bonds. The van der Waals surface area contributed by atoms with Gasteiger partial charge >= 0.3 is 0 Å². The molecule has 0 radical (unpaired) electrons. The molecule has 0 spiro atoms. The van der Waals surface area contributed by atoms with E-state index in [9.17, 15) is 0 Å². The van der Waals surface area contributed by atoms with Gasteiger partial charge in [0.1, 0.15) is 12.4 Å². The molecule has 0 saturated heterocycles. The molecule has 24 heavy (non-hydrogen) atoms. The van der Waals surface area contributed by atoms with Crippen LogP contribution in [0.2, 0.25) is 0 Å². The molecule has 0 N–H and O–H groups in total. The van der Waals surface area contributed by atoms with Crippen LogP contribution in [-0.4, -0.2) is 0 Å². The first-order chi connectivity index (χ1) is 11.8. The number of ether oxygens (including phenoxy) is 1. The van der Waals surface area contributed by atoms with Gasteiger partial charge < -0.3 is 4.74 Å². The molecule has 0 saturated carbocycles. The molecular formula is C22H18OS. The first-order valence-electron chi connectivity index (χ1n) is 8.06. The normalized spacial score (nSPS) is 10.9. The summed E-state index contributed by atoms with van der Waals surface area (Å²) in [4.78, 5) is 2.58. The van der Waals surface area contributed by atoms with Crippen molar-refractivity contribution in [2.45, 2.75) is 13.5 Å². The van der Waals surface area contributed by atoms with Crippen LogP contribution in [0, 0.1) is 6.92 Å². The fourth-order valence-electron chi connectivity index (χ4n) is 2.93. The highest BCUT2D eigenvalue weighted by Crippen LogP contribution is 2.31. The smallest absolute Gasteiger partial charge is 0.122 e. The maximum absolute atomic E-state index is 6.01. The zero-order chi connectivity index (χ0) is 16.4. The number of hydrogen-bond acceptors (Lipinski definition) is 2. The summed E-state index contributed by atoms with van der Waals surface area (Å²) < 4.78 is 6.01. The molecule has 1 heterocycles. The third kappa shape index (κ3) is 3.06. The van der Waals surface area contributed by atoms with Crippen molar-refractivity contribution in [3.05, 3.63) is 88.6 Å². The molecule has 0 unspecified atom stereocenters. The van der Waals surface area contributed by atoms with E-state index < -0.39 is 0 Å². The van der Waals surface area contributed by atoms with E-state index >= 15 is 0 Å². The summed E-state index contributed by atoms with van der Waals surface area (Å²) in [5, 5.41) is 2.45. The summed E-state index contributed by atoms with van der Waals surface area (Å²) >= 11 is 1.81. The number of aryl methyl sites for hydroxylation is 1. The van der Waals surface area contributed by atoms with Gasteiger partial charge in [0.05, 0.1) is 0 Å². The van der Waals surface area contributed by atoms with E-state index in [-0.39, 0.29) is 0 Å². The molecule has 1 aromatic heterocycles. The van der Waals surface area contributed by atoms with Gasteiger partial charge in [-0.15, -0.1) is 11.3 Å². The summed E-state index contributed by atoms with van der Waals surface area (Å²) in [6.45, 7) is 2.78. The summed E-state index contributed by atoms with van der Waals surface area (Å²) in [6.07, 6.45) is 0. The third-order valence-corrected chi connectivity index (χ3v) is 5.18. The number of thiophene rings is 1. The van der Waals surface area contributed by atoms with Crippen molar-refractivity contribution in [2.24, 2.45) is 0 Å². The van der Waals surface area contributed by atoms with Crippen LogP contribution in [0.3, 0.4) is 0 Å². The number of rotatable bonds is 4. The predicted molar refractivity (Wildman–Crippen MR) is 103 cm³/mol. The van der Waals surface area contributed by atoms with Crippen molar-refractivity contribution in [3.8, 4) is 16.9 Å². The quantitative estimate of drug-likeness (QED) is 0.417. The van der Waals surface area contributed by atoms with Gasteiger partial charge in [0, 0.05) is 9.75 Å². The molecule has 118 valence electrons. The third-order valence-electron chi connectivity index (χ3n) is 4.16. The monoisotopic (exact) mass is 330 g/mol. The molecule has 0 aliphatic heterocycles. The fraction of sp³-hybridized carbons (Fsp3) is 0.0909. The lowest BCUT2D eigenvalue weighted by atomic mass is 10.1. The molecule has 0 fully saturated rings. The second-order valence-electron chi connectivity index (χ2n) is 5.85. The van der Waals surface area contributed by atoms with Gasteiger partial charge in [-0.1, -0.05) is 60.7 Å². The lowest BCUT2D eigenvalue weighted by molar-refractivity contribution is 0.310. The van der Waals surface area contributed by atoms with Crippen LogP contribution in [0.25, 0.3) is 21.9 Å². The van der Waals surface area contributed by atoms with Crippen LogP contribution in [0.5, 0.6) is 5.75 Å². The summed E-state index contributed by atoms with van der Waals surface area (Å²) in [6, 6.07) is 27.4. The van der Waals surface area contributed by atoms with Gasteiger partial charge in [0.2, 0.25) is 0 Å². The minimum atomic E-state index is 0.608. The van der Waals surface area contributed by atoms with Crippen molar-refractivity contribution < 1.29 is 4.74 Å². The Bertz CT molecular complexity index is 970. The van der Waals surface area contributed by atoms with Crippen molar-refractivity contribution in [1.82, 2.24) is 0 Å². The van der Waals surface area contributed by atoms with Gasteiger partial charge in [0.25, 0.3) is 0 Å². The van der Waals surface area contributed by atoms with E-state index in [1.165, 1.54) is 31.7 Å². The second-order valence-corrected chi connectivity index (χ2v) is 7.19. The van der Waals surface area contributed by atoms with E-state index in [1.54, 1.807) is 0 Å². The van der Waals surface area contributed by atoms with Gasteiger partial charge in [-0.05, 0) is 47.0 Å². The van der Waals surface area contributed by atoms with Gasteiger partial charge in [-0.3, -0.25) is 0 Å². The molecule has 2 heteroatoms. The van der Waals surface area contributed by atoms with E-state index in [0.717, 1.165) is 5.75 Å². The number of hydrogen-bond donors (Lipinski definition) is 0. The minimum Gasteiger partial charge on any atom is -0.488 e. The van der Waals surface area contributed by atoms with E-state index in [0.29, 0.717) is 6.61 Å². The summed E-state index contributed by atoms with van der Waals surface area (Å²) in [7, 11) is 0. The van der Waals surface area contributed by atoms with Crippen molar-refractivity contribution in [3.63, 3.8) is 0 Å². The fourth-order valence-corrected chi connectivity index (χ4v) is 3.91. The largest absolute Gasteiger partial charge is 0.488 e. The van der Waals surface area contributed by atoms with E-state index in [2.05, 4.69) is 79.7 Å². The maximum atomic E-state index is 6.01. The van der Waals surface area contributed by atoms with Crippen LogP contribution < -0.4 is 4.74 Å². The SMILES string of the molecule is Cc1sc(COc2ccc3ccccc3c2)cc1-c1ccccc1. The summed E-state index contributed by atoms with van der Waals surface area (Å²) in [5.74, 6) is 0.918. The Hall–Kier alpha value is -2.58. The Kier molecular flexibility index (Phi) is 4.06. The first-order valence-corrected chi connectivity index (χ1v) is 8.87. The Morgan fingerprint density at radius 3 is 2.38 bits per heavy atom. The van der Waals surface area contributed by atoms with Crippen molar-refractivity contribution in [1.29, 1.82) is 0 Å². The highest BCUT2D eigenvalue weighted by molar-refractivity contribution is 7.12. The Balaban J connectivity index is 1.53. The van der Waals surface area contributed by atoms with Crippen LogP contribution in [-0.2, 0) is 6.61 Å². The van der Waals surface area contributed by atoms with E-state index in [4.69, 9.17) is 4.74 Å². The van der Waals surface area contributed by atoms with Crippen LogP contribution in [0.1, 0.15) is 9.75 Å². The zero-order valence-electron chi connectivity index (χ0n) is 13.5. The molecule has 3 aromatic carbocycles. The average molecular weight is 330 g/mol. The Labute approximate surface area is 146 Å². The second kappa shape index (κ2) is 6.50.